The highest BCUT2D eigenvalue weighted by atomic mass is 28.2. The predicted molar refractivity (Wildman–Crippen MR) is 68.5 cm³/mol. The zero-order valence-corrected chi connectivity index (χ0v) is 10.8. The number of nitrogens with one attached hydrogen (secondary N) is 1. The molecule has 1 aromatic carbocycles. The van der Waals surface area contributed by atoms with E-state index in [1.165, 1.54) is 11.1 Å². The first kappa shape index (κ1) is 13.4. The summed E-state index contributed by atoms with van der Waals surface area (Å²) >= 11 is 0. The lowest BCUT2D eigenvalue weighted by Crippen LogP contribution is -2.21. The Hall–Kier alpha value is -0.683. The molecule has 1 rings (SSSR count). The molecule has 0 aliphatic carbocycles. The molecule has 0 bridgehead atoms. The van der Waals surface area contributed by atoms with Crippen LogP contribution >= 0.6 is 0 Å². The number of hydrogen-bond acceptors (Lipinski definition) is 3. The van der Waals surface area contributed by atoms with E-state index < -0.39 is 0 Å². The van der Waals surface area contributed by atoms with Crippen LogP contribution in [0.25, 0.3) is 0 Å². The zero-order chi connectivity index (χ0) is 11.6. The van der Waals surface area contributed by atoms with Crippen LogP contribution < -0.4 is 11.1 Å². The van der Waals surface area contributed by atoms with Gasteiger partial charge < -0.3 is 15.5 Å². The summed E-state index contributed by atoms with van der Waals surface area (Å²) in [6.45, 7) is 2.46. The summed E-state index contributed by atoms with van der Waals surface area (Å²) in [4.78, 5) is 0. The molecule has 88 valence electrons. The van der Waals surface area contributed by atoms with Crippen molar-refractivity contribution in [2.75, 3.05) is 20.2 Å². The summed E-state index contributed by atoms with van der Waals surface area (Å²) in [6, 6.07) is 9.85. The summed E-state index contributed by atoms with van der Waals surface area (Å²) in [7, 11) is 2.37. The molecule has 0 aliphatic rings. The molecule has 4 heteroatoms. The van der Waals surface area contributed by atoms with Gasteiger partial charge in [-0.15, -0.1) is 0 Å². The Bertz CT molecular complexity index is 248. The second kappa shape index (κ2) is 8.47. The van der Waals surface area contributed by atoms with Gasteiger partial charge in [-0.25, -0.2) is 0 Å². The van der Waals surface area contributed by atoms with Gasteiger partial charge in [0.2, 0.25) is 9.76 Å². The minimum absolute atomic E-state index is 0.612. The Morgan fingerprint density at radius 1 is 1.25 bits per heavy atom. The van der Waals surface area contributed by atoms with Crippen LogP contribution in [0.4, 0.5) is 0 Å². The molecule has 0 saturated carbocycles. The molecule has 0 aliphatic heterocycles. The molecule has 3 N–H and O–H groups in total. The molecular weight excluding hydrogens is 216 g/mol. The SMILES string of the molecule is CO[Si]CCc1ccc(CNCCN)cc1. The highest BCUT2D eigenvalue weighted by Gasteiger charge is 1.96. The van der Waals surface area contributed by atoms with Gasteiger partial charge >= 0.3 is 0 Å². The Balaban J connectivity index is 2.30. The van der Waals surface area contributed by atoms with Crippen molar-refractivity contribution in [2.24, 2.45) is 5.73 Å². The molecule has 1 aromatic rings. The largest absolute Gasteiger partial charge is 0.421 e. The van der Waals surface area contributed by atoms with E-state index in [1.807, 2.05) is 0 Å². The van der Waals surface area contributed by atoms with Gasteiger partial charge in [-0.05, 0) is 23.6 Å². The standard InChI is InChI=1S/C12H20N2OSi/c1-15-16-9-6-11-2-4-12(5-3-11)10-14-8-7-13/h2-5,14H,6-10,13H2,1H3. The normalized spacial score (nSPS) is 10.6. The Kier molecular flexibility index (Phi) is 7.08. The van der Waals surface area contributed by atoms with Gasteiger partial charge in [0.1, 0.15) is 0 Å². The monoisotopic (exact) mass is 236 g/mol. The van der Waals surface area contributed by atoms with E-state index in [1.54, 1.807) is 7.11 Å². The third kappa shape index (κ3) is 5.41. The number of aryl methyl sites for hydroxylation is 1. The van der Waals surface area contributed by atoms with Crippen LogP contribution in [-0.2, 0) is 17.4 Å². The minimum atomic E-state index is 0.612. The second-order valence-corrected chi connectivity index (χ2v) is 4.83. The summed E-state index contributed by atoms with van der Waals surface area (Å²) < 4.78 is 5.06. The van der Waals surface area contributed by atoms with Crippen molar-refractivity contribution in [3.05, 3.63) is 35.4 Å². The van der Waals surface area contributed by atoms with Crippen LogP contribution in [0.15, 0.2) is 24.3 Å². The van der Waals surface area contributed by atoms with Crippen molar-refractivity contribution < 1.29 is 4.43 Å². The fourth-order valence-corrected chi connectivity index (χ4v) is 2.05. The van der Waals surface area contributed by atoms with E-state index in [4.69, 9.17) is 10.2 Å². The third-order valence-electron chi connectivity index (χ3n) is 2.33. The van der Waals surface area contributed by atoms with Gasteiger partial charge in [0.15, 0.2) is 0 Å². The van der Waals surface area contributed by atoms with Crippen molar-refractivity contribution in [1.82, 2.24) is 5.32 Å². The van der Waals surface area contributed by atoms with Crippen LogP contribution in [0.1, 0.15) is 11.1 Å². The van der Waals surface area contributed by atoms with Gasteiger partial charge in [0, 0.05) is 26.7 Å². The van der Waals surface area contributed by atoms with Crippen molar-refractivity contribution in [3.63, 3.8) is 0 Å². The maximum Gasteiger partial charge on any atom is 0.229 e. The average molecular weight is 236 g/mol. The quantitative estimate of drug-likeness (QED) is 0.522. The zero-order valence-electron chi connectivity index (χ0n) is 9.83. The number of nitrogens with two attached hydrogens (primary N) is 1. The summed E-state index contributed by atoms with van der Waals surface area (Å²) in [5.74, 6) is 0. The Labute approximate surface area is 100 Å². The molecule has 16 heavy (non-hydrogen) atoms. The second-order valence-electron chi connectivity index (χ2n) is 3.63. The van der Waals surface area contributed by atoms with Crippen LogP contribution in [0.3, 0.4) is 0 Å². The maximum absolute atomic E-state index is 5.41. The van der Waals surface area contributed by atoms with Crippen molar-refractivity contribution in [1.29, 1.82) is 0 Å². The fourth-order valence-electron chi connectivity index (χ4n) is 1.46. The van der Waals surface area contributed by atoms with E-state index in [-0.39, 0.29) is 0 Å². The maximum atomic E-state index is 5.41. The highest BCUT2D eigenvalue weighted by molar-refractivity contribution is 6.26. The highest BCUT2D eigenvalue weighted by Crippen LogP contribution is 2.06. The fraction of sp³-hybridized carbons (Fsp3) is 0.500. The van der Waals surface area contributed by atoms with E-state index in [9.17, 15) is 0 Å². The summed E-state index contributed by atoms with van der Waals surface area (Å²) in [5.41, 5.74) is 8.10. The average Bonchev–Trinajstić information content (AvgIpc) is 2.32. The number of benzene rings is 1. The van der Waals surface area contributed by atoms with Crippen LogP contribution in [0, 0.1) is 0 Å². The molecule has 0 aromatic heterocycles. The molecule has 0 amide bonds. The topological polar surface area (TPSA) is 47.3 Å². The summed E-state index contributed by atoms with van der Waals surface area (Å²) in [5, 5.41) is 3.28. The molecule has 0 unspecified atom stereocenters. The first-order valence-electron chi connectivity index (χ1n) is 5.61. The molecule has 0 heterocycles. The van der Waals surface area contributed by atoms with Crippen LogP contribution in [0.5, 0.6) is 0 Å². The van der Waals surface area contributed by atoms with Gasteiger partial charge in [-0.2, -0.15) is 0 Å². The predicted octanol–water partition coefficient (Wildman–Crippen LogP) is 0.961. The van der Waals surface area contributed by atoms with Crippen molar-refractivity contribution in [3.8, 4) is 0 Å². The lowest BCUT2D eigenvalue weighted by Gasteiger charge is -2.05. The van der Waals surface area contributed by atoms with Gasteiger partial charge in [-0.3, -0.25) is 0 Å². The molecular formula is C12H20N2OSi. The van der Waals surface area contributed by atoms with Crippen molar-refractivity contribution in [2.45, 2.75) is 19.0 Å². The molecule has 0 fully saturated rings. The smallest absolute Gasteiger partial charge is 0.229 e. The lowest BCUT2D eigenvalue weighted by atomic mass is 10.1. The molecule has 3 nitrogen and oxygen atoms in total. The molecule has 0 atom stereocenters. The number of hydrogen-bond donors (Lipinski definition) is 2. The van der Waals surface area contributed by atoms with E-state index in [0.29, 0.717) is 16.3 Å². The van der Waals surface area contributed by atoms with Gasteiger partial charge in [0.25, 0.3) is 0 Å². The van der Waals surface area contributed by atoms with Crippen LogP contribution in [0.2, 0.25) is 6.04 Å². The molecule has 0 saturated heterocycles. The van der Waals surface area contributed by atoms with Crippen LogP contribution in [-0.4, -0.2) is 30.0 Å². The first-order chi connectivity index (χ1) is 7.86. The minimum Gasteiger partial charge on any atom is -0.421 e. The third-order valence-corrected chi connectivity index (χ3v) is 3.08. The van der Waals surface area contributed by atoms with E-state index in [0.717, 1.165) is 25.6 Å². The van der Waals surface area contributed by atoms with Gasteiger partial charge in [0.05, 0.1) is 0 Å². The summed E-state index contributed by atoms with van der Waals surface area (Å²) in [6.07, 6.45) is 1.10. The molecule has 2 radical (unpaired) electrons. The Morgan fingerprint density at radius 2 is 1.94 bits per heavy atom. The lowest BCUT2D eigenvalue weighted by molar-refractivity contribution is 0.440. The number of rotatable bonds is 8. The first-order valence-corrected chi connectivity index (χ1v) is 6.73. The Morgan fingerprint density at radius 3 is 2.56 bits per heavy atom. The van der Waals surface area contributed by atoms with E-state index in [2.05, 4.69) is 29.6 Å². The van der Waals surface area contributed by atoms with E-state index >= 15 is 0 Å². The van der Waals surface area contributed by atoms with Gasteiger partial charge in [-0.1, -0.05) is 24.3 Å². The van der Waals surface area contributed by atoms with Crippen molar-refractivity contribution >= 4 is 9.76 Å². The molecule has 0 spiro atoms.